The summed E-state index contributed by atoms with van der Waals surface area (Å²) in [6.07, 6.45) is 1.63. The Kier molecular flexibility index (Phi) is 3.18. The number of hydrogen-bond donors (Lipinski definition) is 1. The second-order valence-electron chi connectivity index (χ2n) is 4.69. The van der Waals surface area contributed by atoms with E-state index in [9.17, 15) is 9.18 Å². The number of hydrogen-bond acceptors (Lipinski definition) is 1. The van der Waals surface area contributed by atoms with Crippen LogP contribution in [0.1, 0.15) is 21.5 Å². The highest BCUT2D eigenvalue weighted by Gasteiger charge is 2.15. The molecule has 0 atom stereocenters. The minimum atomic E-state index is -0.321. The lowest BCUT2D eigenvalue weighted by molar-refractivity contribution is 0.104. The van der Waals surface area contributed by atoms with Crippen LogP contribution in [0.25, 0.3) is 10.9 Å². The van der Waals surface area contributed by atoms with Gasteiger partial charge < -0.3 is 4.98 Å². The van der Waals surface area contributed by atoms with Crippen molar-refractivity contribution in [2.75, 3.05) is 0 Å². The first kappa shape index (κ1) is 13.1. The van der Waals surface area contributed by atoms with E-state index >= 15 is 0 Å². The van der Waals surface area contributed by atoms with Crippen molar-refractivity contribution in [1.29, 1.82) is 0 Å². The molecule has 1 heterocycles. The smallest absolute Gasteiger partial charge is 0.195 e. The summed E-state index contributed by atoms with van der Waals surface area (Å²) in [6, 6.07) is 9.85. The van der Waals surface area contributed by atoms with E-state index in [2.05, 4.69) is 20.9 Å². The number of aromatic amines is 1. The molecule has 1 aromatic heterocycles. The molecule has 0 radical (unpaired) electrons. The average Bonchev–Trinajstić information content (AvgIpc) is 2.84. The Labute approximate surface area is 123 Å². The van der Waals surface area contributed by atoms with Gasteiger partial charge in [0.1, 0.15) is 5.82 Å². The fourth-order valence-electron chi connectivity index (χ4n) is 2.23. The van der Waals surface area contributed by atoms with Crippen LogP contribution in [0, 0.1) is 12.7 Å². The summed E-state index contributed by atoms with van der Waals surface area (Å²) in [4.78, 5) is 15.5. The van der Waals surface area contributed by atoms with Gasteiger partial charge in [-0.1, -0.05) is 15.9 Å². The van der Waals surface area contributed by atoms with Crippen LogP contribution in [-0.4, -0.2) is 10.8 Å². The van der Waals surface area contributed by atoms with Gasteiger partial charge in [-0.15, -0.1) is 0 Å². The maximum absolute atomic E-state index is 13.2. The van der Waals surface area contributed by atoms with E-state index < -0.39 is 0 Å². The number of H-pyrrole nitrogens is 1. The maximum Gasteiger partial charge on any atom is 0.195 e. The number of fused-ring (bicyclic) bond motifs is 1. The molecule has 0 aliphatic rings. The van der Waals surface area contributed by atoms with Gasteiger partial charge in [0.15, 0.2) is 5.78 Å². The zero-order chi connectivity index (χ0) is 14.3. The highest BCUT2D eigenvalue weighted by Crippen LogP contribution is 2.24. The Balaban J connectivity index is 2.10. The second-order valence-corrected chi connectivity index (χ2v) is 5.54. The van der Waals surface area contributed by atoms with E-state index in [1.807, 2.05) is 19.1 Å². The van der Waals surface area contributed by atoms with Crippen LogP contribution in [0.5, 0.6) is 0 Å². The fraction of sp³-hybridized carbons (Fsp3) is 0.0625. The zero-order valence-corrected chi connectivity index (χ0v) is 12.3. The van der Waals surface area contributed by atoms with Gasteiger partial charge in [0, 0.05) is 32.7 Å². The van der Waals surface area contributed by atoms with Crippen molar-refractivity contribution in [1.82, 2.24) is 4.98 Å². The molecular formula is C16H11BrFNO. The van der Waals surface area contributed by atoms with Crippen molar-refractivity contribution in [2.24, 2.45) is 0 Å². The molecule has 0 saturated carbocycles. The normalized spacial score (nSPS) is 10.9. The Morgan fingerprint density at radius 1 is 1.20 bits per heavy atom. The highest BCUT2D eigenvalue weighted by atomic mass is 79.9. The number of carbonyl (C=O) groups excluding carboxylic acids is 1. The van der Waals surface area contributed by atoms with Gasteiger partial charge in [0.05, 0.1) is 0 Å². The van der Waals surface area contributed by atoms with Gasteiger partial charge in [0.2, 0.25) is 0 Å². The summed E-state index contributed by atoms with van der Waals surface area (Å²) >= 11 is 3.42. The number of ketones is 1. The molecule has 100 valence electrons. The molecule has 0 aliphatic heterocycles. The topological polar surface area (TPSA) is 32.9 Å². The first-order valence-electron chi connectivity index (χ1n) is 6.14. The molecule has 2 nitrogen and oxygen atoms in total. The Bertz CT molecular complexity index is 822. The van der Waals surface area contributed by atoms with Crippen LogP contribution in [0.3, 0.4) is 0 Å². The van der Waals surface area contributed by atoms with Crippen molar-refractivity contribution >= 4 is 32.6 Å². The summed E-state index contributed by atoms with van der Waals surface area (Å²) in [7, 11) is 0. The van der Waals surface area contributed by atoms with Crippen molar-refractivity contribution in [3.8, 4) is 0 Å². The molecule has 3 rings (SSSR count). The molecule has 1 N–H and O–H groups in total. The summed E-state index contributed by atoms with van der Waals surface area (Å²) in [5, 5.41) is 0.733. The lowest BCUT2D eigenvalue weighted by atomic mass is 10.0. The minimum absolute atomic E-state index is 0.0709. The number of halogens is 2. The quantitative estimate of drug-likeness (QED) is 0.683. The fourth-order valence-corrected chi connectivity index (χ4v) is 2.47. The summed E-state index contributed by atoms with van der Waals surface area (Å²) < 4.78 is 14.1. The van der Waals surface area contributed by atoms with Crippen LogP contribution in [0.4, 0.5) is 4.39 Å². The summed E-state index contributed by atoms with van der Waals surface area (Å²) in [5.74, 6) is -0.392. The highest BCUT2D eigenvalue weighted by molar-refractivity contribution is 9.10. The second kappa shape index (κ2) is 4.87. The molecule has 0 spiro atoms. The van der Waals surface area contributed by atoms with Gasteiger partial charge >= 0.3 is 0 Å². The molecule has 20 heavy (non-hydrogen) atoms. The molecule has 0 saturated heterocycles. The number of rotatable bonds is 2. The Morgan fingerprint density at radius 3 is 2.75 bits per heavy atom. The number of carbonyl (C=O) groups is 1. The molecule has 2 aromatic carbocycles. The monoisotopic (exact) mass is 331 g/mol. The van der Waals surface area contributed by atoms with Crippen molar-refractivity contribution < 1.29 is 9.18 Å². The summed E-state index contributed by atoms with van der Waals surface area (Å²) in [6.45, 7) is 1.94. The third-order valence-electron chi connectivity index (χ3n) is 3.31. The predicted molar refractivity (Wildman–Crippen MR) is 80.6 cm³/mol. The molecule has 0 amide bonds. The third kappa shape index (κ3) is 2.16. The maximum atomic E-state index is 13.2. The number of aromatic nitrogens is 1. The average molecular weight is 332 g/mol. The van der Waals surface area contributed by atoms with Crippen molar-refractivity contribution in [3.63, 3.8) is 0 Å². The van der Waals surface area contributed by atoms with Gasteiger partial charge in [-0.25, -0.2) is 4.39 Å². The standard InChI is InChI=1S/C16H11BrFNO/c1-9-6-10(2-5-14(9)17)16(20)13-8-19-15-7-11(18)3-4-12(13)15/h2-8,19H,1H3. The zero-order valence-electron chi connectivity index (χ0n) is 10.7. The number of benzene rings is 2. The third-order valence-corrected chi connectivity index (χ3v) is 4.20. The van der Waals surface area contributed by atoms with Crippen LogP contribution < -0.4 is 0 Å². The largest absolute Gasteiger partial charge is 0.360 e. The Morgan fingerprint density at radius 2 is 2.00 bits per heavy atom. The van der Waals surface area contributed by atoms with Crippen LogP contribution in [-0.2, 0) is 0 Å². The van der Waals surface area contributed by atoms with Crippen molar-refractivity contribution in [3.05, 3.63) is 69.6 Å². The SMILES string of the molecule is Cc1cc(C(=O)c2c[nH]c3cc(F)ccc23)ccc1Br. The van der Waals surface area contributed by atoms with Crippen LogP contribution >= 0.6 is 15.9 Å². The van der Waals surface area contributed by atoms with E-state index in [1.54, 1.807) is 18.3 Å². The molecule has 0 aliphatic carbocycles. The molecule has 0 bridgehead atoms. The molecule has 0 fully saturated rings. The predicted octanol–water partition coefficient (Wildman–Crippen LogP) is 4.61. The van der Waals surface area contributed by atoms with E-state index in [0.29, 0.717) is 16.6 Å². The van der Waals surface area contributed by atoms with E-state index in [4.69, 9.17) is 0 Å². The van der Waals surface area contributed by atoms with Crippen LogP contribution in [0.15, 0.2) is 47.1 Å². The summed E-state index contributed by atoms with van der Waals surface area (Å²) in [5.41, 5.74) is 2.81. The first-order valence-corrected chi connectivity index (χ1v) is 6.93. The van der Waals surface area contributed by atoms with E-state index in [1.165, 1.54) is 12.1 Å². The molecule has 3 aromatic rings. The number of aryl methyl sites for hydroxylation is 1. The van der Waals surface area contributed by atoms with Gasteiger partial charge in [-0.2, -0.15) is 0 Å². The first-order chi connectivity index (χ1) is 9.56. The molecule has 4 heteroatoms. The molecule has 0 unspecified atom stereocenters. The lowest BCUT2D eigenvalue weighted by Gasteiger charge is -2.03. The van der Waals surface area contributed by atoms with Gasteiger partial charge in [-0.05, 0) is 48.9 Å². The van der Waals surface area contributed by atoms with Gasteiger partial charge in [-0.3, -0.25) is 4.79 Å². The van der Waals surface area contributed by atoms with E-state index in [-0.39, 0.29) is 11.6 Å². The van der Waals surface area contributed by atoms with Gasteiger partial charge in [0.25, 0.3) is 0 Å². The lowest BCUT2D eigenvalue weighted by Crippen LogP contribution is -2.00. The molecular weight excluding hydrogens is 321 g/mol. The number of nitrogens with one attached hydrogen (secondary N) is 1. The van der Waals surface area contributed by atoms with Crippen molar-refractivity contribution in [2.45, 2.75) is 6.92 Å². The minimum Gasteiger partial charge on any atom is -0.360 e. The van der Waals surface area contributed by atoms with E-state index in [0.717, 1.165) is 15.4 Å². The van der Waals surface area contributed by atoms with Crippen LogP contribution in [0.2, 0.25) is 0 Å². The Hall–Kier alpha value is -1.94.